The summed E-state index contributed by atoms with van der Waals surface area (Å²) < 4.78 is 2.00. The molecule has 0 atom stereocenters. The molecule has 1 aromatic carbocycles. The number of fused-ring (bicyclic) bond motifs is 1. The highest BCUT2D eigenvalue weighted by Crippen LogP contribution is 2.29. The zero-order valence-electron chi connectivity index (χ0n) is 19.4. The van der Waals surface area contributed by atoms with E-state index in [0.29, 0.717) is 12.5 Å². The van der Waals surface area contributed by atoms with Crippen molar-refractivity contribution in [1.29, 1.82) is 0 Å². The third-order valence-electron chi connectivity index (χ3n) is 6.52. The van der Waals surface area contributed by atoms with Crippen LogP contribution in [-0.4, -0.2) is 75.4 Å². The molecule has 4 aromatic rings. The highest BCUT2D eigenvalue weighted by atomic mass is 16.3. The Morgan fingerprint density at radius 3 is 2.31 bits per heavy atom. The maximum Gasteiger partial charge on any atom is 0.229 e. The molecule has 178 valence electrons. The minimum atomic E-state index is 0.281. The second-order valence-corrected chi connectivity index (χ2v) is 8.78. The van der Waals surface area contributed by atoms with E-state index < -0.39 is 0 Å². The van der Waals surface area contributed by atoms with Crippen LogP contribution < -0.4 is 20.0 Å². The molecule has 0 aliphatic carbocycles. The van der Waals surface area contributed by atoms with E-state index in [1.165, 1.54) is 0 Å². The standard InChI is InChI=1S/C25H27N9O/c1-18-16-33(11-10-27-18)23-22-24(34(17-28-22)20-6-8-26-9-7-20)30-25(29-23)32-14-12-31(13-15-32)19-2-4-21(35)5-3-19/h2-9,17,27,35H,1,10-16H2. The quantitative estimate of drug-likeness (QED) is 0.466. The summed E-state index contributed by atoms with van der Waals surface area (Å²) in [5.41, 5.74) is 4.60. The number of piperazine rings is 2. The maximum absolute atomic E-state index is 9.60. The van der Waals surface area contributed by atoms with Gasteiger partial charge in [-0.1, -0.05) is 6.58 Å². The van der Waals surface area contributed by atoms with E-state index in [1.807, 2.05) is 35.2 Å². The number of hydrogen-bond acceptors (Lipinski definition) is 9. The molecule has 0 bridgehead atoms. The molecule has 0 spiro atoms. The lowest BCUT2D eigenvalue weighted by atomic mass is 10.2. The fourth-order valence-corrected chi connectivity index (χ4v) is 4.67. The fraction of sp³-hybridized carbons (Fsp3) is 0.280. The van der Waals surface area contributed by atoms with Crippen LogP contribution in [0.1, 0.15) is 0 Å². The molecule has 0 unspecified atom stereocenters. The Kier molecular flexibility index (Phi) is 5.32. The summed E-state index contributed by atoms with van der Waals surface area (Å²) in [5, 5.41) is 12.9. The molecule has 3 aromatic heterocycles. The zero-order valence-corrected chi connectivity index (χ0v) is 19.4. The monoisotopic (exact) mass is 469 g/mol. The normalized spacial score (nSPS) is 16.6. The molecular formula is C25H27N9O. The van der Waals surface area contributed by atoms with Gasteiger partial charge in [0.05, 0.1) is 12.2 Å². The Hall–Kier alpha value is -4.34. The highest BCUT2D eigenvalue weighted by Gasteiger charge is 2.25. The molecule has 0 radical (unpaired) electrons. The number of aromatic nitrogens is 5. The van der Waals surface area contributed by atoms with E-state index in [2.05, 4.69) is 31.6 Å². The lowest BCUT2D eigenvalue weighted by Gasteiger charge is -2.36. The molecule has 0 saturated carbocycles. The van der Waals surface area contributed by atoms with Crippen LogP contribution in [0.3, 0.4) is 0 Å². The van der Waals surface area contributed by atoms with Crippen LogP contribution in [0.5, 0.6) is 5.75 Å². The Bertz CT molecular complexity index is 1340. The number of imidazole rings is 1. The molecule has 6 rings (SSSR count). The first-order valence-electron chi connectivity index (χ1n) is 11.8. The molecule has 0 amide bonds. The predicted octanol–water partition coefficient (Wildman–Crippen LogP) is 2.17. The second kappa shape index (κ2) is 8.79. The van der Waals surface area contributed by atoms with Gasteiger partial charge in [0.1, 0.15) is 12.1 Å². The number of nitrogens with zero attached hydrogens (tertiary/aromatic N) is 8. The average Bonchev–Trinajstić information content (AvgIpc) is 3.33. The molecule has 2 saturated heterocycles. The second-order valence-electron chi connectivity index (χ2n) is 8.78. The van der Waals surface area contributed by atoms with Crippen LogP contribution in [-0.2, 0) is 0 Å². The molecule has 2 fully saturated rings. The van der Waals surface area contributed by atoms with Crippen LogP contribution in [0.15, 0.2) is 67.4 Å². The summed E-state index contributed by atoms with van der Waals surface area (Å²) in [7, 11) is 0. The molecule has 10 heteroatoms. The maximum atomic E-state index is 9.60. The summed E-state index contributed by atoms with van der Waals surface area (Å²) in [4.78, 5) is 25.7. The molecule has 10 nitrogen and oxygen atoms in total. The molecular weight excluding hydrogens is 442 g/mol. The highest BCUT2D eigenvalue weighted by molar-refractivity contribution is 5.86. The number of phenolic OH excluding ortho intramolecular Hbond substituents is 1. The van der Waals surface area contributed by atoms with Gasteiger partial charge >= 0.3 is 0 Å². The van der Waals surface area contributed by atoms with Gasteiger partial charge in [-0.3, -0.25) is 9.55 Å². The first-order valence-corrected chi connectivity index (χ1v) is 11.8. The molecule has 2 N–H and O–H groups in total. The Morgan fingerprint density at radius 1 is 0.829 bits per heavy atom. The Labute approximate surface area is 203 Å². The van der Waals surface area contributed by atoms with E-state index in [-0.39, 0.29) is 5.75 Å². The van der Waals surface area contributed by atoms with E-state index >= 15 is 0 Å². The summed E-state index contributed by atoms with van der Waals surface area (Å²) >= 11 is 0. The van der Waals surface area contributed by atoms with Gasteiger partial charge in [-0.25, -0.2) is 4.98 Å². The number of anilines is 3. The number of rotatable bonds is 4. The van der Waals surface area contributed by atoms with Gasteiger partial charge in [-0.2, -0.15) is 9.97 Å². The average molecular weight is 470 g/mol. The van der Waals surface area contributed by atoms with Crippen molar-refractivity contribution in [3.8, 4) is 11.4 Å². The molecule has 2 aliphatic rings. The van der Waals surface area contributed by atoms with Crippen molar-refractivity contribution < 1.29 is 5.11 Å². The van der Waals surface area contributed by atoms with Crippen molar-refractivity contribution in [3.05, 3.63) is 67.4 Å². The summed E-state index contributed by atoms with van der Waals surface area (Å²) in [6, 6.07) is 11.3. The molecule has 35 heavy (non-hydrogen) atoms. The lowest BCUT2D eigenvalue weighted by Crippen LogP contribution is -2.47. The largest absolute Gasteiger partial charge is 0.508 e. The van der Waals surface area contributed by atoms with Crippen LogP contribution in [0.2, 0.25) is 0 Å². The van der Waals surface area contributed by atoms with Crippen molar-refractivity contribution in [2.24, 2.45) is 0 Å². The minimum absolute atomic E-state index is 0.281. The van der Waals surface area contributed by atoms with Crippen LogP contribution in [0.25, 0.3) is 16.9 Å². The van der Waals surface area contributed by atoms with E-state index in [9.17, 15) is 5.11 Å². The van der Waals surface area contributed by atoms with Gasteiger partial charge in [0, 0.05) is 63.0 Å². The number of nitrogens with one attached hydrogen (secondary N) is 1. The lowest BCUT2D eigenvalue weighted by molar-refractivity contribution is 0.475. The van der Waals surface area contributed by atoms with Crippen molar-refractivity contribution in [1.82, 2.24) is 29.8 Å². The van der Waals surface area contributed by atoms with Gasteiger partial charge in [-0.05, 0) is 36.4 Å². The number of phenols is 1. The van der Waals surface area contributed by atoms with Gasteiger partial charge in [0.15, 0.2) is 17.0 Å². The van der Waals surface area contributed by atoms with Crippen molar-refractivity contribution in [2.75, 3.05) is 60.5 Å². The van der Waals surface area contributed by atoms with Crippen molar-refractivity contribution in [3.63, 3.8) is 0 Å². The smallest absolute Gasteiger partial charge is 0.229 e. The third kappa shape index (κ3) is 4.07. The Balaban J connectivity index is 1.35. The topological polar surface area (TPSA) is 98.5 Å². The number of pyridine rings is 1. The summed E-state index contributed by atoms with van der Waals surface area (Å²) in [6.07, 6.45) is 5.35. The zero-order chi connectivity index (χ0) is 23.8. The first-order chi connectivity index (χ1) is 17.2. The molecule has 5 heterocycles. The number of benzene rings is 1. The van der Waals surface area contributed by atoms with E-state index in [1.54, 1.807) is 24.5 Å². The predicted molar refractivity (Wildman–Crippen MR) is 136 cm³/mol. The van der Waals surface area contributed by atoms with Crippen LogP contribution in [0, 0.1) is 0 Å². The van der Waals surface area contributed by atoms with Crippen LogP contribution >= 0.6 is 0 Å². The molecule has 2 aliphatic heterocycles. The summed E-state index contributed by atoms with van der Waals surface area (Å²) in [5.74, 6) is 1.82. The van der Waals surface area contributed by atoms with Gasteiger partial charge in [0.25, 0.3) is 0 Å². The van der Waals surface area contributed by atoms with E-state index in [0.717, 1.165) is 73.3 Å². The van der Waals surface area contributed by atoms with Crippen LogP contribution in [0.4, 0.5) is 17.5 Å². The van der Waals surface area contributed by atoms with Crippen molar-refractivity contribution in [2.45, 2.75) is 0 Å². The Morgan fingerprint density at radius 2 is 1.57 bits per heavy atom. The fourth-order valence-electron chi connectivity index (χ4n) is 4.67. The van der Waals surface area contributed by atoms with Crippen molar-refractivity contribution >= 4 is 28.6 Å². The van der Waals surface area contributed by atoms with Gasteiger partial charge in [0.2, 0.25) is 5.95 Å². The third-order valence-corrected chi connectivity index (χ3v) is 6.52. The van der Waals surface area contributed by atoms with Gasteiger partial charge < -0.3 is 25.1 Å². The number of hydrogen-bond donors (Lipinski definition) is 2. The van der Waals surface area contributed by atoms with E-state index in [4.69, 9.17) is 15.0 Å². The SMILES string of the molecule is C=C1CN(c2nc(N3CCN(c4ccc(O)cc4)CC3)nc3c2ncn3-c2ccncc2)CCN1. The first kappa shape index (κ1) is 21.2. The number of aromatic hydroxyl groups is 1. The van der Waals surface area contributed by atoms with Gasteiger partial charge in [-0.15, -0.1) is 0 Å². The summed E-state index contributed by atoms with van der Waals surface area (Å²) in [6.45, 7) is 9.71. The minimum Gasteiger partial charge on any atom is -0.508 e.